The van der Waals surface area contributed by atoms with Crippen LogP contribution >= 0.6 is 0 Å². The van der Waals surface area contributed by atoms with Crippen LogP contribution in [0.5, 0.6) is 0 Å². The van der Waals surface area contributed by atoms with Gasteiger partial charge in [-0.25, -0.2) is 4.79 Å². The number of urea groups is 1. The monoisotopic (exact) mass is 185 g/mol. The van der Waals surface area contributed by atoms with E-state index in [9.17, 15) is 4.79 Å². The van der Waals surface area contributed by atoms with E-state index in [1.54, 1.807) is 0 Å². The quantitative estimate of drug-likeness (QED) is 0.526. The third-order valence-corrected chi connectivity index (χ3v) is 2.42. The molecule has 2 aliphatic rings. The third kappa shape index (κ3) is 2.32. The van der Waals surface area contributed by atoms with E-state index in [1.807, 2.05) is 0 Å². The third-order valence-electron chi connectivity index (χ3n) is 2.42. The van der Waals surface area contributed by atoms with Crippen molar-refractivity contribution in [3.63, 3.8) is 0 Å². The SMILES string of the molecule is NC1CC1NC(=O)NC1CCOC1. The Labute approximate surface area is 77.0 Å². The van der Waals surface area contributed by atoms with Crippen molar-refractivity contribution < 1.29 is 9.53 Å². The minimum Gasteiger partial charge on any atom is -0.379 e. The number of ether oxygens (including phenoxy) is 1. The van der Waals surface area contributed by atoms with Crippen molar-refractivity contribution in [3.8, 4) is 0 Å². The summed E-state index contributed by atoms with van der Waals surface area (Å²) < 4.78 is 5.13. The Morgan fingerprint density at radius 1 is 1.46 bits per heavy atom. The van der Waals surface area contributed by atoms with E-state index in [0.29, 0.717) is 6.61 Å². The smallest absolute Gasteiger partial charge is 0.315 e. The molecule has 0 radical (unpaired) electrons. The Morgan fingerprint density at radius 2 is 2.23 bits per heavy atom. The Morgan fingerprint density at radius 3 is 2.77 bits per heavy atom. The van der Waals surface area contributed by atoms with Gasteiger partial charge in [0.2, 0.25) is 0 Å². The molecule has 1 aliphatic carbocycles. The van der Waals surface area contributed by atoms with Gasteiger partial charge >= 0.3 is 6.03 Å². The highest BCUT2D eigenvalue weighted by Crippen LogP contribution is 2.17. The second-order valence-corrected chi connectivity index (χ2v) is 3.68. The molecule has 1 saturated carbocycles. The summed E-state index contributed by atoms with van der Waals surface area (Å²) in [5.74, 6) is 0. The van der Waals surface area contributed by atoms with E-state index in [-0.39, 0.29) is 24.2 Å². The number of hydrogen-bond donors (Lipinski definition) is 3. The number of carbonyl (C=O) groups excluding carboxylic acids is 1. The average molecular weight is 185 g/mol. The van der Waals surface area contributed by atoms with Crippen LogP contribution in [0.15, 0.2) is 0 Å². The van der Waals surface area contributed by atoms with Gasteiger partial charge in [-0.3, -0.25) is 0 Å². The van der Waals surface area contributed by atoms with Crippen LogP contribution < -0.4 is 16.4 Å². The number of amides is 2. The van der Waals surface area contributed by atoms with Gasteiger partial charge in [0, 0.05) is 18.7 Å². The van der Waals surface area contributed by atoms with Gasteiger partial charge in [0.1, 0.15) is 0 Å². The summed E-state index contributed by atoms with van der Waals surface area (Å²) in [4.78, 5) is 11.3. The van der Waals surface area contributed by atoms with Gasteiger partial charge < -0.3 is 21.1 Å². The largest absolute Gasteiger partial charge is 0.379 e. The molecule has 3 atom stereocenters. The van der Waals surface area contributed by atoms with Crippen LogP contribution in [0.25, 0.3) is 0 Å². The highest BCUT2D eigenvalue weighted by Gasteiger charge is 2.35. The van der Waals surface area contributed by atoms with Crippen LogP contribution in [0, 0.1) is 0 Å². The molecule has 74 valence electrons. The lowest BCUT2D eigenvalue weighted by Gasteiger charge is -2.11. The predicted octanol–water partition coefficient (Wildman–Crippen LogP) is -0.826. The molecule has 3 unspecified atom stereocenters. The molecule has 0 aromatic rings. The van der Waals surface area contributed by atoms with Crippen molar-refractivity contribution in [1.29, 1.82) is 0 Å². The van der Waals surface area contributed by atoms with Crippen molar-refractivity contribution in [1.82, 2.24) is 10.6 Å². The van der Waals surface area contributed by atoms with Crippen molar-refractivity contribution in [3.05, 3.63) is 0 Å². The first-order chi connectivity index (χ1) is 6.25. The van der Waals surface area contributed by atoms with Gasteiger partial charge in [0.05, 0.1) is 12.6 Å². The highest BCUT2D eigenvalue weighted by atomic mass is 16.5. The van der Waals surface area contributed by atoms with E-state index in [1.165, 1.54) is 0 Å². The summed E-state index contributed by atoms with van der Waals surface area (Å²) in [6, 6.07) is 0.399. The van der Waals surface area contributed by atoms with Gasteiger partial charge in [-0.1, -0.05) is 0 Å². The summed E-state index contributed by atoms with van der Waals surface area (Å²) in [6.45, 7) is 1.37. The van der Waals surface area contributed by atoms with Crippen LogP contribution in [-0.2, 0) is 4.74 Å². The molecule has 5 nitrogen and oxygen atoms in total. The maximum Gasteiger partial charge on any atom is 0.315 e. The fraction of sp³-hybridized carbons (Fsp3) is 0.875. The molecule has 0 aromatic heterocycles. The predicted molar refractivity (Wildman–Crippen MR) is 47.3 cm³/mol. The zero-order chi connectivity index (χ0) is 9.26. The minimum atomic E-state index is -0.117. The van der Waals surface area contributed by atoms with Crippen LogP contribution in [-0.4, -0.2) is 37.4 Å². The second-order valence-electron chi connectivity index (χ2n) is 3.68. The molecule has 1 saturated heterocycles. The number of rotatable bonds is 2. The fourth-order valence-corrected chi connectivity index (χ4v) is 1.42. The van der Waals surface area contributed by atoms with Crippen molar-refractivity contribution in [2.45, 2.75) is 31.0 Å². The zero-order valence-electron chi connectivity index (χ0n) is 7.45. The molecule has 0 bridgehead atoms. The summed E-state index contributed by atoms with van der Waals surface area (Å²) in [6.07, 6.45) is 1.80. The molecule has 0 spiro atoms. The van der Waals surface area contributed by atoms with Crippen LogP contribution in [0.4, 0.5) is 4.79 Å². The molecule has 0 aromatic carbocycles. The van der Waals surface area contributed by atoms with Crippen molar-refractivity contribution in [2.24, 2.45) is 5.73 Å². The fourth-order valence-electron chi connectivity index (χ4n) is 1.42. The van der Waals surface area contributed by atoms with E-state index in [4.69, 9.17) is 10.5 Å². The van der Waals surface area contributed by atoms with Gasteiger partial charge in [0.25, 0.3) is 0 Å². The molecule has 5 heteroatoms. The Balaban J connectivity index is 1.66. The molecule has 2 amide bonds. The zero-order valence-corrected chi connectivity index (χ0v) is 7.45. The number of hydrogen-bond acceptors (Lipinski definition) is 3. The topological polar surface area (TPSA) is 76.4 Å². The second kappa shape index (κ2) is 3.51. The lowest BCUT2D eigenvalue weighted by molar-refractivity contribution is 0.188. The van der Waals surface area contributed by atoms with E-state index < -0.39 is 0 Å². The Hall–Kier alpha value is -0.810. The highest BCUT2D eigenvalue weighted by molar-refractivity contribution is 5.75. The van der Waals surface area contributed by atoms with E-state index >= 15 is 0 Å². The first-order valence-electron chi connectivity index (χ1n) is 4.66. The lowest BCUT2D eigenvalue weighted by Crippen LogP contribution is -2.44. The molecule has 13 heavy (non-hydrogen) atoms. The maximum absolute atomic E-state index is 11.3. The molecular weight excluding hydrogens is 170 g/mol. The van der Waals surface area contributed by atoms with E-state index in [2.05, 4.69) is 10.6 Å². The maximum atomic E-state index is 11.3. The molecule has 1 aliphatic heterocycles. The normalized spacial score (nSPS) is 37.2. The Bertz CT molecular complexity index is 204. The summed E-state index contributed by atoms with van der Waals surface area (Å²) >= 11 is 0. The molecule has 1 heterocycles. The lowest BCUT2D eigenvalue weighted by atomic mass is 10.3. The van der Waals surface area contributed by atoms with Gasteiger partial charge in [-0.05, 0) is 12.8 Å². The van der Waals surface area contributed by atoms with Crippen molar-refractivity contribution in [2.75, 3.05) is 13.2 Å². The van der Waals surface area contributed by atoms with Gasteiger partial charge in [0.15, 0.2) is 0 Å². The molecular formula is C8H15N3O2. The molecule has 2 rings (SSSR count). The molecule has 2 fully saturated rings. The number of nitrogens with two attached hydrogens (primary N) is 1. The summed E-state index contributed by atoms with van der Waals surface area (Å²) in [5, 5.41) is 5.64. The summed E-state index contributed by atoms with van der Waals surface area (Å²) in [7, 11) is 0. The van der Waals surface area contributed by atoms with Crippen LogP contribution in [0.2, 0.25) is 0 Å². The van der Waals surface area contributed by atoms with Crippen molar-refractivity contribution >= 4 is 6.03 Å². The summed E-state index contributed by atoms with van der Waals surface area (Å²) in [5.41, 5.74) is 5.56. The van der Waals surface area contributed by atoms with Gasteiger partial charge in [-0.2, -0.15) is 0 Å². The standard InChI is InChI=1S/C8H15N3O2/c9-6-3-7(6)11-8(12)10-5-1-2-13-4-5/h5-7H,1-4,9H2,(H2,10,11,12). The van der Waals surface area contributed by atoms with Crippen LogP contribution in [0.3, 0.4) is 0 Å². The Kier molecular flexibility index (Phi) is 2.37. The number of carbonyl (C=O) groups is 1. The average Bonchev–Trinajstić information content (AvgIpc) is 2.61. The minimum absolute atomic E-state index is 0.117. The van der Waals surface area contributed by atoms with Crippen LogP contribution in [0.1, 0.15) is 12.8 Å². The number of nitrogens with one attached hydrogen (secondary N) is 2. The van der Waals surface area contributed by atoms with E-state index in [0.717, 1.165) is 19.4 Å². The first-order valence-corrected chi connectivity index (χ1v) is 4.66. The van der Waals surface area contributed by atoms with Gasteiger partial charge in [-0.15, -0.1) is 0 Å². The first kappa shape index (κ1) is 8.77. The molecule has 4 N–H and O–H groups in total.